The Kier molecular flexibility index (Phi) is 5.72. The van der Waals surface area contributed by atoms with Gasteiger partial charge in [0, 0.05) is 13.2 Å². The Bertz CT molecular complexity index is 851. The van der Waals surface area contributed by atoms with Gasteiger partial charge in [0.05, 0.1) is 22.9 Å². The third-order valence-corrected chi connectivity index (χ3v) is 5.98. The third kappa shape index (κ3) is 5.20. The van der Waals surface area contributed by atoms with Crippen LogP contribution >= 0.6 is 0 Å². The lowest BCUT2D eigenvalue weighted by Gasteiger charge is -2.19. The predicted molar refractivity (Wildman–Crippen MR) is 108 cm³/mol. The van der Waals surface area contributed by atoms with Crippen molar-refractivity contribution in [3.05, 3.63) is 48.2 Å². The second kappa shape index (κ2) is 7.86. The molecule has 1 aromatic heterocycles. The molecule has 2 aromatic rings. The van der Waals surface area contributed by atoms with E-state index in [0.717, 1.165) is 25.0 Å². The van der Waals surface area contributed by atoms with Crippen molar-refractivity contribution in [2.24, 2.45) is 0 Å². The van der Waals surface area contributed by atoms with Gasteiger partial charge in [-0.05, 0) is 48.1 Å². The molecule has 0 radical (unpaired) electrons. The molecule has 2 N–H and O–H groups in total. The van der Waals surface area contributed by atoms with Crippen LogP contribution in [0.15, 0.2) is 47.5 Å². The van der Waals surface area contributed by atoms with Gasteiger partial charge in [0.25, 0.3) is 10.0 Å². The highest BCUT2D eigenvalue weighted by molar-refractivity contribution is 7.92. The summed E-state index contributed by atoms with van der Waals surface area (Å²) < 4.78 is 33.3. The minimum atomic E-state index is -3.64. The number of nitrogens with zero attached hydrogens (tertiary/aromatic N) is 1. The highest BCUT2D eigenvalue weighted by atomic mass is 32.2. The van der Waals surface area contributed by atoms with E-state index in [4.69, 9.17) is 4.74 Å². The number of sulfonamides is 1. The Morgan fingerprint density at radius 2 is 1.89 bits per heavy atom. The van der Waals surface area contributed by atoms with Gasteiger partial charge in [0.2, 0.25) is 0 Å². The average Bonchev–Trinajstić information content (AvgIpc) is 3.14. The van der Waals surface area contributed by atoms with Crippen LogP contribution < -0.4 is 10.0 Å². The standard InChI is InChI=1S/C20H27N3O3S/c1-20(2,3)15-6-9-18(10-7-15)27(24,25)23-16-8-11-19(21-13-16)22-14-17-5-4-12-26-17/h6-11,13,17,23H,4-5,12,14H2,1-3H3,(H,21,22). The average molecular weight is 390 g/mol. The van der Waals surface area contributed by atoms with Crippen molar-refractivity contribution < 1.29 is 13.2 Å². The monoisotopic (exact) mass is 389 g/mol. The number of benzene rings is 1. The SMILES string of the molecule is CC(C)(C)c1ccc(S(=O)(=O)Nc2ccc(NCC3CCCO3)nc2)cc1. The lowest BCUT2D eigenvalue weighted by atomic mass is 9.87. The van der Waals surface area contributed by atoms with Gasteiger partial charge in [-0.1, -0.05) is 32.9 Å². The molecule has 1 saturated heterocycles. The quantitative estimate of drug-likeness (QED) is 0.786. The maximum Gasteiger partial charge on any atom is 0.261 e. The van der Waals surface area contributed by atoms with E-state index in [1.807, 2.05) is 12.1 Å². The maximum absolute atomic E-state index is 12.6. The summed E-state index contributed by atoms with van der Waals surface area (Å²) in [6.07, 6.45) is 3.88. The van der Waals surface area contributed by atoms with Gasteiger partial charge in [0.1, 0.15) is 5.82 Å². The summed E-state index contributed by atoms with van der Waals surface area (Å²) in [6, 6.07) is 10.4. The Morgan fingerprint density at radius 3 is 2.44 bits per heavy atom. The van der Waals surface area contributed by atoms with E-state index in [1.54, 1.807) is 24.3 Å². The molecular formula is C20H27N3O3S. The first-order valence-electron chi connectivity index (χ1n) is 9.19. The molecule has 1 atom stereocenters. The first-order valence-corrected chi connectivity index (χ1v) is 10.7. The van der Waals surface area contributed by atoms with Crippen molar-refractivity contribution in [2.45, 2.75) is 50.0 Å². The van der Waals surface area contributed by atoms with Crippen molar-refractivity contribution in [3.8, 4) is 0 Å². The molecule has 0 amide bonds. The molecule has 0 saturated carbocycles. The van der Waals surface area contributed by atoms with Crippen molar-refractivity contribution in [2.75, 3.05) is 23.2 Å². The molecular weight excluding hydrogens is 362 g/mol. The first kappa shape index (κ1) is 19.6. The molecule has 0 aliphatic carbocycles. The fourth-order valence-corrected chi connectivity index (χ4v) is 3.97. The Labute approximate surface area is 161 Å². The maximum atomic E-state index is 12.6. The summed E-state index contributed by atoms with van der Waals surface area (Å²) in [4.78, 5) is 4.50. The predicted octanol–water partition coefficient (Wildman–Crippen LogP) is 3.77. The topological polar surface area (TPSA) is 80.3 Å². The number of ether oxygens (including phenoxy) is 1. The third-order valence-electron chi connectivity index (χ3n) is 4.58. The molecule has 0 spiro atoms. The van der Waals surface area contributed by atoms with Crippen LogP contribution in [0.3, 0.4) is 0 Å². The van der Waals surface area contributed by atoms with E-state index in [-0.39, 0.29) is 16.4 Å². The van der Waals surface area contributed by atoms with E-state index >= 15 is 0 Å². The van der Waals surface area contributed by atoms with Crippen molar-refractivity contribution in [1.29, 1.82) is 0 Å². The summed E-state index contributed by atoms with van der Waals surface area (Å²) >= 11 is 0. The number of hydrogen-bond donors (Lipinski definition) is 2. The van der Waals surface area contributed by atoms with Gasteiger partial charge < -0.3 is 10.1 Å². The summed E-state index contributed by atoms with van der Waals surface area (Å²) in [7, 11) is -3.64. The molecule has 146 valence electrons. The zero-order valence-corrected chi connectivity index (χ0v) is 16.8. The highest BCUT2D eigenvalue weighted by Crippen LogP contribution is 2.24. The molecule has 0 bridgehead atoms. The van der Waals surface area contributed by atoms with Crippen LogP contribution in [0, 0.1) is 0 Å². The lowest BCUT2D eigenvalue weighted by Crippen LogP contribution is -2.19. The van der Waals surface area contributed by atoms with Gasteiger partial charge in [-0.15, -0.1) is 0 Å². The van der Waals surface area contributed by atoms with Gasteiger partial charge in [0.15, 0.2) is 0 Å². The number of aromatic nitrogens is 1. The van der Waals surface area contributed by atoms with Gasteiger partial charge in [-0.25, -0.2) is 13.4 Å². The van der Waals surface area contributed by atoms with Crippen LogP contribution in [-0.2, 0) is 20.2 Å². The molecule has 7 heteroatoms. The van der Waals surface area contributed by atoms with Gasteiger partial charge >= 0.3 is 0 Å². The van der Waals surface area contributed by atoms with E-state index in [9.17, 15) is 8.42 Å². The van der Waals surface area contributed by atoms with E-state index < -0.39 is 10.0 Å². The molecule has 1 aliphatic heterocycles. The van der Waals surface area contributed by atoms with Crippen LogP contribution in [-0.4, -0.2) is 32.7 Å². The Morgan fingerprint density at radius 1 is 1.15 bits per heavy atom. The zero-order chi connectivity index (χ0) is 19.5. The van der Waals surface area contributed by atoms with Crippen molar-refractivity contribution in [3.63, 3.8) is 0 Å². The molecule has 27 heavy (non-hydrogen) atoms. The molecule has 1 fully saturated rings. The minimum absolute atomic E-state index is 0.0218. The molecule has 3 rings (SSSR count). The zero-order valence-electron chi connectivity index (χ0n) is 16.0. The van der Waals surface area contributed by atoms with Crippen molar-refractivity contribution in [1.82, 2.24) is 4.98 Å². The first-order chi connectivity index (χ1) is 12.7. The fraction of sp³-hybridized carbons (Fsp3) is 0.450. The Balaban J connectivity index is 1.63. The van der Waals surface area contributed by atoms with Crippen LogP contribution in [0.25, 0.3) is 0 Å². The smallest absolute Gasteiger partial charge is 0.261 e. The second-order valence-electron chi connectivity index (χ2n) is 7.83. The van der Waals surface area contributed by atoms with E-state index in [2.05, 4.69) is 35.8 Å². The van der Waals surface area contributed by atoms with Crippen molar-refractivity contribution >= 4 is 21.5 Å². The van der Waals surface area contributed by atoms with Crippen LogP contribution in [0.2, 0.25) is 0 Å². The fourth-order valence-electron chi connectivity index (χ4n) is 2.93. The van der Waals surface area contributed by atoms with Crippen LogP contribution in [0.4, 0.5) is 11.5 Å². The number of pyridine rings is 1. The lowest BCUT2D eigenvalue weighted by molar-refractivity contribution is 0.120. The van der Waals surface area contributed by atoms with E-state index in [0.29, 0.717) is 18.1 Å². The number of nitrogens with one attached hydrogen (secondary N) is 2. The molecule has 2 heterocycles. The van der Waals surface area contributed by atoms with E-state index in [1.165, 1.54) is 6.20 Å². The van der Waals surface area contributed by atoms with Crippen LogP contribution in [0.1, 0.15) is 39.2 Å². The number of hydrogen-bond acceptors (Lipinski definition) is 5. The highest BCUT2D eigenvalue weighted by Gasteiger charge is 2.18. The Hall–Kier alpha value is -2.12. The molecule has 1 unspecified atom stereocenters. The normalized spacial score (nSPS) is 17.7. The summed E-state index contributed by atoms with van der Waals surface area (Å²) in [6.45, 7) is 7.80. The second-order valence-corrected chi connectivity index (χ2v) is 9.51. The van der Waals surface area contributed by atoms with Crippen LogP contribution in [0.5, 0.6) is 0 Å². The molecule has 1 aliphatic rings. The number of anilines is 2. The summed E-state index contributed by atoms with van der Waals surface area (Å²) in [5, 5.41) is 3.22. The number of rotatable bonds is 6. The molecule has 1 aromatic carbocycles. The summed E-state index contributed by atoms with van der Waals surface area (Å²) in [5.74, 6) is 0.697. The van der Waals surface area contributed by atoms with Gasteiger partial charge in [-0.2, -0.15) is 0 Å². The largest absolute Gasteiger partial charge is 0.376 e. The molecule has 6 nitrogen and oxygen atoms in total. The van der Waals surface area contributed by atoms with Gasteiger partial charge in [-0.3, -0.25) is 4.72 Å². The summed E-state index contributed by atoms with van der Waals surface area (Å²) in [5.41, 5.74) is 1.49. The minimum Gasteiger partial charge on any atom is -0.376 e.